The maximum atomic E-state index is 6.47. The summed E-state index contributed by atoms with van der Waals surface area (Å²) in [5, 5.41) is 0.802. The fraction of sp³-hybridized carbons (Fsp3) is 0.333. The van der Waals surface area contributed by atoms with Gasteiger partial charge in [-0.3, -0.25) is 0 Å². The molecule has 110 valence electrons. The van der Waals surface area contributed by atoms with E-state index in [0.717, 1.165) is 42.2 Å². The number of rotatable bonds is 2. The molecular formula is C18H21ClN2. The molecule has 1 aliphatic rings. The average molecular weight is 301 g/mol. The topological polar surface area (TPSA) is 29.3 Å². The zero-order valence-corrected chi connectivity index (χ0v) is 13.1. The summed E-state index contributed by atoms with van der Waals surface area (Å²) in [4.78, 5) is 2.38. The molecule has 1 atom stereocenters. The average Bonchev–Trinajstić information content (AvgIpc) is 2.70. The van der Waals surface area contributed by atoms with Crippen LogP contribution in [0, 0.1) is 0 Å². The fourth-order valence-electron chi connectivity index (χ4n) is 2.97. The largest absolute Gasteiger partial charge is 0.370 e. The lowest BCUT2D eigenvalue weighted by Crippen LogP contribution is -2.26. The van der Waals surface area contributed by atoms with Gasteiger partial charge in [-0.15, -0.1) is 0 Å². The molecule has 2 nitrogen and oxygen atoms in total. The van der Waals surface area contributed by atoms with Gasteiger partial charge in [0.25, 0.3) is 0 Å². The highest BCUT2D eigenvalue weighted by atomic mass is 35.5. The molecule has 2 aromatic carbocycles. The number of halogens is 1. The zero-order chi connectivity index (χ0) is 14.8. The second kappa shape index (κ2) is 6.08. The van der Waals surface area contributed by atoms with Crippen molar-refractivity contribution in [1.82, 2.24) is 0 Å². The molecule has 1 aliphatic heterocycles. The first-order chi connectivity index (χ1) is 10.1. The van der Waals surface area contributed by atoms with E-state index in [1.54, 1.807) is 0 Å². The van der Waals surface area contributed by atoms with E-state index < -0.39 is 0 Å². The van der Waals surface area contributed by atoms with E-state index in [9.17, 15) is 0 Å². The normalized spacial score (nSPS) is 16.2. The quantitative estimate of drug-likeness (QED) is 0.909. The highest BCUT2D eigenvalue weighted by Crippen LogP contribution is 2.30. The van der Waals surface area contributed by atoms with Crippen molar-refractivity contribution in [3.8, 4) is 0 Å². The van der Waals surface area contributed by atoms with Crippen LogP contribution < -0.4 is 10.6 Å². The first kappa shape index (κ1) is 14.4. The van der Waals surface area contributed by atoms with Crippen molar-refractivity contribution in [3.05, 3.63) is 64.2 Å². The second-order valence-corrected chi connectivity index (χ2v) is 6.16. The first-order valence-corrected chi connectivity index (χ1v) is 7.89. The third kappa shape index (κ3) is 3.07. The summed E-state index contributed by atoms with van der Waals surface area (Å²) < 4.78 is 0. The van der Waals surface area contributed by atoms with E-state index in [1.165, 1.54) is 11.1 Å². The molecule has 2 aromatic rings. The lowest BCUT2D eigenvalue weighted by molar-refractivity contribution is 0.798. The van der Waals surface area contributed by atoms with Crippen LogP contribution in [0.25, 0.3) is 0 Å². The maximum absolute atomic E-state index is 6.47. The Bertz CT molecular complexity index is 610. The van der Waals surface area contributed by atoms with Gasteiger partial charge in [0.2, 0.25) is 0 Å². The van der Waals surface area contributed by atoms with Crippen LogP contribution in [0.4, 0.5) is 5.69 Å². The van der Waals surface area contributed by atoms with Crippen molar-refractivity contribution in [3.63, 3.8) is 0 Å². The Morgan fingerprint density at radius 2 is 1.67 bits per heavy atom. The van der Waals surface area contributed by atoms with Gasteiger partial charge in [0.15, 0.2) is 0 Å². The lowest BCUT2D eigenvalue weighted by Gasteiger charge is -2.24. The van der Waals surface area contributed by atoms with Crippen LogP contribution in [0.1, 0.15) is 29.7 Å². The highest BCUT2D eigenvalue weighted by molar-refractivity contribution is 6.33. The third-order valence-corrected chi connectivity index (χ3v) is 4.56. The Labute approximate surface area is 131 Å². The number of nitrogens with two attached hydrogens (primary N) is 1. The van der Waals surface area contributed by atoms with E-state index in [2.05, 4.69) is 41.3 Å². The Hall–Kier alpha value is -1.51. The van der Waals surface area contributed by atoms with Crippen molar-refractivity contribution in [1.29, 1.82) is 0 Å². The fourth-order valence-corrected chi connectivity index (χ4v) is 3.28. The van der Waals surface area contributed by atoms with Crippen LogP contribution >= 0.6 is 11.6 Å². The summed E-state index contributed by atoms with van der Waals surface area (Å²) in [5.41, 5.74) is 11.0. The smallest absolute Gasteiger partial charge is 0.0642 e. The van der Waals surface area contributed by atoms with E-state index >= 15 is 0 Å². The van der Waals surface area contributed by atoms with Crippen LogP contribution in [0.5, 0.6) is 0 Å². The summed E-state index contributed by atoms with van der Waals surface area (Å²) in [5.74, 6) is 0. The van der Waals surface area contributed by atoms with Crippen molar-refractivity contribution in [2.24, 2.45) is 5.73 Å². The van der Waals surface area contributed by atoms with Crippen molar-refractivity contribution >= 4 is 17.3 Å². The molecule has 0 aromatic heterocycles. The molecule has 0 spiro atoms. The van der Waals surface area contributed by atoms with Crippen molar-refractivity contribution in [2.75, 3.05) is 18.0 Å². The van der Waals surface area contributed by atoms with Gasteiger partial charge >= 0.3 is 0 Å². The van der Waals surface area contributed by atoms with Gasteiger partial charge in [0, 0.05) is 19.1 Å². The molecule has 1 unspecified atom stereocenters. The van der Waals surface area contributed by atoms with Gasteiger partial charge < -0.3 is 10.6 Å². The second-order valence-electron chi connectivity index (χ2n) is 5.76. The molecule has 1 heterocycles. The highest BCUT2D eigenvalue weighted by Gasteiger charge is 2.16. The first-order valence-electron chi connectivity index (χ1n) is 7.52. The molecule has 0 amide bonds. The molecule has 0 saturated heterocycles. The molecule has 0 radical (unpaired) electrons. The van der Waals surface area contributed by atoms with Crippen LogP contribution in [-0.2, 0) is 12.8 Å². The third-order valence-electron chi connectivity index (χ3n) is 4.26. The van der Waals surface area contributed by atoms with Gasteiger partial charge in [-0.05, 0) is 48.6 Å². The maximum Gasteiger partial charge on any atom is 0.0642 e. The van der Waals surface area contributed by atoms with E-state index in [4.69, 9.17) is 17.3 Å². The molecule has 0 fully saturated rings. The summed E-state index contributed by atoms with van der Waals surface area (Å²) in [6.07, 6.45) is 2.14. The Kier molecular flexibility index (Phi) is 4.18. The molecule has 0 bridgehead atoms. The van der Waals surface area contributed by atoms with Gasteiger partial charge in [0.1, 0.15) is 0 Å². The molecule has 2 N–H and O–H groups in total. The molecule has 0 saturated carbocycles. The van der Waals surface area contributed by atoms with Crippen molar-refractivity contribution < 1.29 is 0 Å². The molecule has 21 heavy (non-hydrogen) atoms. The summed E-state index contributed by atoms with van der Waals surface area (Å²) in [6.45, 7) is 4.00. The van der Waals surface area contributed by atoms with E-state index in [-0.39, 0.29) is 6.04 Å². The van der Waals surface area contributed by atoms with Crippen LogP contribution in [-0.4, -0.2) is 13.1 Å². The Morgan fingerprint density at radius 3 is 2.19 bits per heavy atom. The van der Waals surface area contributed by atoms with Gasteiger partial charge in [-0.2, -0.15) is 0 Å². The number of fused-ring (bicyclic) bond motifs is 1. The standard InChI is InChI=1S/C18H21ClN2/c1-13(20)16-6-7-18(17(19)12-16)21-10-8-14-4-2-3-5-15(14)9-11-21/h2-7,12-13H,8-11,20H2,1H3. The van der Waals surface area contributed by atoms with Crippen LogP contribution in [0.15, 0.2) is 42.5 Å². The number of benzene rings is 2. The number of hydrogen-bond acceptors (Lipinski definition) is 2. The Morgan fingerprint density at radius 1 is 1.05 bits per heavy atom. The molecule has 0 aliphatic carbocycles. The Balaban J connectivity index is 1.83. The minimum atomic E-state index is 0.0185. The minimum absolute atomic E-state index is 0.0185. The SMILES string of the molecule is CC(N)c1ccc(N2CCc3ccccc3CC2)c(Cl)c1. The summed E-state index contributed by atoms with van der Waals surface area (Å²) in [6, 6.07) is 14.9. The number of nitrogens with zero attached hydrogens (tertiary/aromatic N) is 1. The molecule has 3 heteroatoms. The summed E-state index contributed by atoms with van der Waals surface area (Å²) >= 11 is 6.47. The van der Waals surface area contributed by atoms with Crippen LogP contribution in [0.3, 0.4) is 0 Å². The van der Waals surface area contributed by atoms with E-state index in [0.29, 0.717) is 0 Å². The lowest BCUT2D eigenvalue weighted by atomic mass is 10.0. The number of anilines is 1. The van der Waals surface area contributed by atoms with Gasteiger partial charge in [-0.1, -0.05) is 41.9 Å². The predicted molar refractivity (Wildman–Crippen MR) is 90.1 cm³/mol. The monoisotopic (exact) mass is 300 g/mol. The zero-order valence-electron chi connectivity index (χ0n) is 12.3. The van der Waals surface area contributed by atoms with Gasteiger partial charge in [0.05, 0.1) is 10.7 Å². The predicted octanol–water partition coefficient (Wildman–Crippen LogP) is 3.96. The van der Waals surface area contributed by atoms with Crippen molar-refractivity contribution in [2.45, 2.75) is 25.8 Å². The summed E-state index contributed by atoms with van der Waals surface area (Å²) in [7, 11) is 0. The number of hydrogen-bond donors (Lipinski definition) is 1. The van der Waals surface area contributed by atoms with Crippen LogP contribution in [0.2, 0.25) is 5.02 Å². The van der Waals surface area contributed by atoms with E-state index in [1.807, 2.05) is 13.0 Å². The molecular weight excluding hydrogens is 280 g/mol. The molecule has 3 rings (SSSR count). The minimum Gasteiger partial charge on any atom is -0.370 e. The van der Waals surface area contributed by atoms with Gasteiger partial charge in [-0.25, -0.2) is 0 Å².